The molecule has 13 rings (SSSR count). The summed E-state index contributed by atoms with van der Waals surface area (Å²) in [5, 5.41) is 9.98. The first-order valence-electron chi connectivity index (χ1n) is 27.7. The van der Waals surface area contributed by atoms with Crippen molar-refractivity contribution in [2.45, 2.75) is 78.6 Å². The summed E-state index contributed by atoms with van der Waals surface area (Å²) in [5.41, 5.74) is 20.5. The van der Waals surface area contributed by atoms with Crippen molar-refractivity contribution >= 4 is 71.2 Å². The van der Waals surface area contributed by atoms with Gasteiger partial charge in [-0.05, 0) is 136 Å². The maximum Gasteiger partial charge on any atom is 0.0543 e. The third-order valence-corrected chi connectivity index (χ3v) is 16.4. The van der Waals surface area contributed by atoms with Crippen molar-refractivity contribution in [2.24, 2.45) is 0 Å². The van der Waals surface area contributed by atoms with Crippen molar-refractivity contribution in [3.63, 3.8) is 0 Å². The van der Waals surface area contributed by atoms with Gasteiger partial charge >= 0.3 is 0 Å². The summed E-state index contributed by atoms with van der Waals surface area (Å²) in [6.45, 7) is 20.9. The first-order valence-corrected chi connectivity index (χ1v) is 27.7. The Hall–Kier alpha value is -8.72. The van der Waals surface area contributed by atoms with Crippen LogP contribution >= 0.6 is 0 Å². The highest BCUT2D eigenvalue weighted by Gasteiger charge is 2.27. The van der Waals surface area contributed by atoms with Gasteiger partial charge in [0.25, 0.3) is 0 Å². The lowest BCUT2D eigenvalue weighted by Gasteiger charge is -2.32. The van der Waals surface area contributed by atoms with Gasteiger partial charge in [-0.25, -0.2) is 0 Å². The molecule has 0 aliphatic rings. The lowest BCUT2D eigenvalue weighted by atomic mass is 9.79. The lowest BCUT2D eigenvalue weighted by Crippen LogP contribution is -2.16. The molecule has 1 aromatic heterocycles. The van der Waals surface area contributed by atoms with E-state index in [4.69, 9.17) is 0 Å². The van der Waals surface area contributed by atoms with Crippen molar-refractivity contribution in [2.75, 3.05) is 4.90 Å². The molecule has 2 heteroatoms. The molecule has 0 spiro atoms. The molecule has 0 N–H and O–H groups in total. The van der Waals surface area contributed by atoms with E-state index in [2.05, 4.69) is 308 Å². The standard InChI is InChI=1S/C76H66N2/c1-74(2,3)56-37-42-62(52-29-27-49(28-30-52)55-45-57(75(4,5)6)47-58(46-55)76(7,8)9)71(48-56)77(59-38-31-51(32-39-59)61-22-14-13-21-60(61)50-19-11-10-12-20-50)69-43-35-53-34-41-66-70(44-36-54-33-40-65(69)72(53)73(54)66)78-67-25-17-15-23-63(67)64-24-16-18-26-68(64)78/h10-48H,1-9H3. The Kier molecular flexibility index (Phi) is 11.6. The molecule has 12 aromatic carbocycles. The van der Waals surface area contributed by atoms with Crippen LogP contribution in [0, 0.1) is 0 Å². The third-order valence-electron chi connectivity index (χ3n) is 16.4. The molecule has 0 atom stereocenters. The first-order chi connectivity index (χ1) is 37.6. The number of fused-ring (bicyclic) bond motifs is 3. The molecule has 0 saturated heterocycles. The number of hydrogen-bond donors (Lipinski definition) is 0. The van der Waals surface area contributed by atoms with Crippen LogP contribution in [0.5, 0.6) is 0 Å². The largest absolute Gasteiger partial charge is 0.309 e. The second-order valence-corrected chi connectivity index (χ2v) is 24.6. The zero-order valence-electron chi connectivity index (χ0n) is 46.4. The van der Waals surface area contributed by atoms with E-state index in [1.165, 1.54) is 121 Å². The smallest absolute Gasteiger partial charge is 0.0543 e. The van der Waals surface area contributed by atoms with Gasteiger partial charge in [0.05, 0.1) is 28.1 Å². The fourth-order valence-electron chi connectivity index (χ4n) is 12.1. The molecule has 78 heavy (non-hydrogen) atoms. The fourth-order valence-corrected chi connectivity index (χ4v) is 12.1. The molecule has 380 valence electrons. The van der Waals surface area contributed by atoms with Crippen molar-refractivity contribution in [1.29, 1.82) is 0 Å². The van der Waals surface area contributed by atoms with Gasteiger partial charge in [-0.3, -0.25) is 0 Å². The zero-order valence-corrected chi connectivity index (χ0v) is 46.4. The Balaban J connectivity index is 1.04. The number of rotatable bonds is 8. The maximum atomic E-state index is 2.55. The topological polar surface area (TPSA) is 8.17 Å². The summed E-state index contributed by atoms with van der Waals surface area (Å²) < 4.78 is 2.47. The number of para-hydroxylation sites is 2. The Bertz CT molecular complexity index is 4310. The first kappa shape index (κ1) is 48.9. The van der Waals surface area contributed by atoms with Crippen molar-refractivity contribution < 1.29 is 0 Å². The second kappa shape index (κ2) is 18.5. The molecule has 1 heterocycles. The average molecular weight is 1010 g/mol. The predicted octanol–water partition coefficient (Wildman–Crippen LogP) is 21.7. The minimum atomic E-state index is -0.109. The van der Waals surface area contributed by atoms with E-state index in [0.29, 0.717) is 0 Å². The third kappa shape index (κ3) is 8.43. The molecule has 13 aromatic rings. The van der Waals surface area contributed by atoms with Crippen LogP contribution in [0.25, 0.3) is 104 Å². The molecule has 0 unspecified atom stereocenters. The number of anilines is 3. The highest BCUT2D eigenvalue weighted by molar-refractivity contribution is 6.27. The van der Waals surface area contributed by atoms with E-state index in [0.717, 1.165) is 17.1 Å². The van der Waals surface area contributed by atoms with Gasteiger partial charge in [0.1, 0.15) is 0 Å². The zero-order chi connectivity index (χ0) is 53.7. The van der Waals surface area contributed by atoms with Crippen molar-refractivity contribution in [1.82, 2.24) is 4.57 Å². The van der Waals surface area contributed by atoms with Gasteiger partial charge in [-0.2, -0.15) is 0 Å². The van der Waals surface area contributed by atoms with E-state index in [9.17, 15) is 0 Å². The SMILES string of the molecule is CC(C)(C)c1cc(-c2ccc(-c3ccc(C(C)(C)C)cc3N(c3ccc(-c4ccccc4-c4ccccc4)cc3)c3ccc4ccc5c(-n6c7ccccc7c7ccccc76)ccc6ccc3c4c65)cc2)cc(C(C)(C)C)c1. The van der Waals surface area contributed by atoms with Crippen LogP contribution in [0.2, 0.25) is 0 Å². The number of nitrogens with zero attached hydrogens (tertiary/aromatic N) is 2. The summed E-state index contributed by atoms with van der Waals surface area (Å²) in [7, 11) is 0. The van der Waals surface area contributed by atoms with Crippen LogP contribution in [0.1, 0.15) is 79.0 Å². The summed E-state index contributed by atoms with van der Waals surface area (Å²) >= 11 is 0. The van der Waals surface area contributed by atoms with Crippen LogP contribution in [-0.4, -0.2) is 4.57 Å². The van der Waals surface area contributed by atoms with Gasteiger partial charge in [-0.1, -0.05) is 256 Å². The van der Waals surface area contributed by atoms with E-state index >= 15 is 0 Å². The van der Waals surface area contributed by atoms with Gasteiger partial charge < -0.3 is 9.47 Å². The fraction of sp³-hybridized carbons (Fsp3) is 0.158. The minimum Gasteiger partial charge on any atom is -0.309 e. The summed E-state index contributed by atoms with van der Waals surface area (Å²) in [6.07, 6.45) is 0. The highest BCUT2D eigenvalue weighted by atomic mass is 15.1. The van der Waals surface area contributed by atoms with E-state index in [1.807, 2.05) is 0 Å². The Morgan fingerprint density at radius 2 is 0.769 bits per heavy atom. The summed E-state index contributed by atoms with van der Waals surface area (Å²) in [4.78, 5) is 2.55. The number of hydrogen-bond acceptors (Lipinski definition) is 1. The maximum absolute atomic E-state index is 2.55. The van der Waals surface area contributed by atoms with Gasteiger partial charge in [0, 0.05) is 32.8 Å². The summed E-state index contributed by atoms with van der Waals surface area (Å²) in [6, 6.07) is 89.0. The van der Waals surface area contributed by atoms with Crippen LogP contribution in [-0.2, 0) is 16.2 Å². The summed E-state index contributed by atoms with van der Waals surface area (Å²) in [5.74, 6) is 0. The van der Waals surface area contributed by atoms with Crippen molar-refractivity contribution in [3.8, 4) is 50.2 Å². The molecule has 0 bridgehead atoms. The van der Waals surface area contributed by atoms with E-state index < -0.39 is 0 Å². The molecule has 0 amide bonds. The second-order valence-electron chi connectivity index (χ2n) is 24.6. The molecule has 0 aliphatic carbocycles. The van der Waals surface area contributed by atoms with Gasteiger partial charge in [0.15, 0.2) is 0 Å². The Morgan fingerprint density at radius 1 is 0.295 bits per heavy atom. The normalized spacial score (nSPS) is 12.4. The number of benzene rings is 12. The van der Waals surface area contributed by atoms with E-state index in [1.54, 1.807) is 0 Å². The van der Waals surface area contributed by atoms with Crippen LogP contribution in [0.3, 0.4) is 0 Å². The highest BCUT2D eigenvalue weighted by Crippen LogP contribution is 2.49. The lowest BCUT2D eigenvalue weighted by molar-refractivity contribution is 0.569. The molecule has 0 saturated carbocycles. The molecule has 2 nitrogen and oxygen atoms in total. The van der Waals surface area contributed by atoms with Gasteiger partial charge in [0.2, 0.25) is 0 Å². The minimum absolute atomic E-state index is 0.0202. The van der Waals surface area contributed by atoms with E-state index in [-0.39, 0.29) is 16.2 Å². The number of aromatic nitrogens is 1. The van der Waals surface area contributed by atoms with Crippen molar-refractivity contribution in [3.05, 3.63) is 253 Å². The molecule has 0 radical (unpaired) electrons. The Morgan fingerprint density at radius 3 is 1.37 bits per heavy atom. The van der Waals surface area contributed by atoms with Crippen LogP contribution < -0.4 is 4.90 Å². The average Bonchev–Trinajstić information content (AvgIpc) is 3.75. The molecular weight excluding hydrogens is 941 g/mol. The molecule has 0 aliphatic heterocycles. The molecule has 0 fully saturated rings. The Labute approximate surface area is 460 Å². The van der Waals surface area contributed by atoms with Crippen LogP contribution in [0.4, 0.5) is 17.1 Å². The predicted molar refractivity (Wildman–Crippen MR) is 337 cm³/mol. The van der Waals surface area contributed by atoms with Gasteiger partial charge in [-0.15, -0.1) is 0 Å². The molecular formula is C76H66N2. The monoisotopic (exact) mass is 1010 g/mol. The quantitative estimate of drug-likeness (QED) is 0.138. The van der Waals surface area contributed by atoms with Crippen LogP contribution in [0.15, 0.2) is 237 Å².